The molecule has 0 aliphatic carbocycles. The zero-order chi connectivity index (χ0) is 11.8. The maximum atomic E-state index is 11.3. The van der Waals surface area contributed by atoms with Gasteiger partial charge in [0.25, 0.3) is 0 Å². The fraction of sp³-hybridized carbons (Fsp3) is 0.500. The molecule has 0 aromatic carbocycles. The van der Waals surface area contributed by atoms with Gasteiger partial charge in [0, 0.05) is 19.3 Å². The van der Waals surface area contributed by atoms with Crippen molar-refractivity contribution in [2.24, 2.45) is 11.1 Å². The van der Waals surface area contributed by atoms with Crippen LogP contribution in [0.4, 0.5) is 11.8 Å². The predicted octanol–water partition coefficient (Wildman–Crippen LogP) is -0.240. The first kappa shape index (κ1) is 10.7. The first-order chi connectivity index (χ1) is 7.51. The molecule has 6 nitrogen and oxygen atoms in total. The van der Waals surface area contributed by atoms with E-state index < -0.39 is 5.41 Å². The molecular formula is C10H15N5O. The van der Waals surface area contributed by atoms with E-state index in [-0.39, 0.29) is 5.91 Å². The van der Waals surface area contributed by atoms with Crippen molar-refractivity contribution in [2.45, 2.75) is 13.3 Å². The lowest BCUT2D eigenvalue weighted by molar-refractivity contribution is -0.125. The normalized spacial score (nSPS) is 24.7. The van der Waals surface area contributed by atoms with Crippen LogP contribution in [0.1, 0.15) is 13.3 Å². The molecular weight excluding hydrogens is 206 g/mol. The van der Waals surface area contributed by atoms with Crippen LogP contribution in [0.3, 0.4) is 0 Å². The minimum atomic E-state index is -0.492. The van der Waals surface area contributed by atoms with Crippen LogP contribution in [0.2, 0.25) is 0 Å². The molecule has 1 aliphatic rings. The molecule has 2 heterocycles. The molecule has 86 valence electrons. The van der Waals surface area contributed by atoms with Crippen LogP contribution < -0.4 is 16.4 Å². The van der Waals surface area contributed by atoms with Gasteiger partial charge in [-0.15, -0.1) is 0 Å². The number of primary amides is 1. The fourth-order valence-electron chi connectivity index (χ4n) is 1.85. The zero-order valence-electron chi connectivity index (χ0n) is 9.18. The number of anilines is 2. The van der Waals surface area contributed by atoms with Crippen molar-refractivity contribution in [1.82, 2.24) is 9.97 Å². The second-order valence-electron chi connectivity index (χ2n) is 4.38. The number of amides is 1. The number of hydrogen-bond donors (Lipinski definition) is 2. The van der Waals surface area contributed by atoms with Gasteiger partial charge in [-0.05, 0) is 19.4 Å². The number of aromatic nitrogens is 2. The standard InChI is InChI=1S/C10H15N5O/c1-10(8(12)16)3-5-15(6-10)9-13-4-2-7(11)14-9/h2,4H,3,5-6H2,1H3,(H2,12,16)(H2,11,13,14). The van der Waals surface area contributed by atoms with E-state index in [1.54, 1.807) is 12.3 Å². The highest BCUT2D eigenvalue weighted by atomic mass is 16.1. The molecule has 1 unspecified atom stereocenters. The van der Waals surface area contributed by atoms with E-state index in [0.29, 0.717) is 18.3 Å². The SMILES string of the molecule is CC1(C(N)=O)CCN(c2nccc(N)n2)C1. The summed E-state index contributed by atoms with van der Waals surface area (Å²) in [5.74, 6) is 0.710. The van der Waals surface area contributed by atoms with Gasteiger partial charge in [-0.1, -0.05) is 0 Å². The van der Waals surface area contributed by atoms with Gasteiger partial charge in [-0.3, -0.25) is 4.79 Å². The maximum absolute atomic E-state index is 11.3. The Bertz CT molecular complexity index is 421. The van der Waals surface area contributed by atoms with Gasteiger partial charge in [0.1, 0.15) is 5.82 Å². The molecule has 0 spiro atoms. The fourth-order valence-corrected chi connectivity index (χ4v) is 1.85. The summed E-state index contributed by atoms with van der Waals surface area (Å²) >= 11 is 0. The number of rotatable bonds is 2. The third-order valence-corrected chi connectivity index (χ3v) is 3.02. The molecule has 16 heavy (non-hydrogen) atoms. The predicted molar refractivity (Wildman–Crippen MR) is 60.6 cm³/mol. The molecule has 2 rings (SSSR count). The summed E-state index contributed by atoms with van der Waals surface area (Å²) in [5, 5.41) is 0. The van der Waals surface area contributed by atoms with Crippen LogP contribution in [-0.2, 0) is 4.79 Å². The molecule has 1 amide bonds. The smallest absolute Gasteiger partial charge is 0.227 e. The first-order valence-corrected chi connectivity index (χ1v) is 5.15. The maximum Gasteiger partial charge on any atom is 0.227 e. The molecule has 1 saturated heterocycles. The lowest BCUT2D eigenvalue weighted by Crippen LogP contribution is -2.37. The Morgan fingerprint density at radius 3 is 2.94 bits per heavy atom. The van der Waals surface area contributed by atoms with E-state index in [1.165, 1.54) is 0 Å². The average Bonchev–Trinajstić information content (AvgIpc) is 2.62. The first-order valence-electron chi connectivity index (χ1n) is 5.15. The summed E-state index contributed by atoms with van der Waals surface area (Å²) in [6.45, 7) is 3.14. The van der Waals surface area contributed by atoms with Crippen molar-refractivity contribution in [3.05, 3.63) is 12.3 Å². The van der Waals surface area contributed by atoms with E-state index in [1.807, 2.05) is 11.8 Å². The number of hydrogen-bond acceptors (Lipinski definition) is 5. The summed E-state index contributed by atoms with van der Waals surface area (Å²) in [7, 11) is 0. The van der Waals surface area contributed by atoms with Crippen LogP contribution in [0.25, 0.3) is 0 Å². The number of nitrogens with two attached hydrogens (primary N) is 2. The van der Waals surface area contributed by atoms with Crippen molar-refractivity contribution in [3.8, 4) is 0 Å². The Balaban J connectivity index is 2.18. The van der Waals surface area contributed by atoms with Gasteiger partial charge in [0.15, 0.2) is 0 Å². The van der Waals surface area contributed by atoms with Crippen molar-refractivity contribution >= 4 is 17.7 Å². The highest BCUT2D eigenvalue weighted by molar-refractivity contribution is 5.81. The van der Waals surface area contributed by atoms with E-state index in [4.69, 9.17) is 11.5 Å². The molecule has 1 atom stereocenters. The van der Waals surface area contributed by atoms with Gasteiger partial charge in [0.2, 0.25) is 11.9 Å². The third kappa shape index (κ3) is 1.78. The molecule has 4 N–H and O–H groups in total. The Labute approximate surface area is 93.7 Å². The highest BCUT2D eigenvalue weighted by Gasteiger charge is 2.39. The Morgan fingerprint density at radius 2 is 2.38 bits per heavy atom. The molecule has 1 aliphatic heterocycles. The number of nitrogens with zero attached hydrogens (tertiary/aromatic N) is 3. The van der Waals surface area contributed by atoms with E-state index in [9.17, 15) is 4.79 Å². The highest BCUT2D eigenvalue weighted by Crippen LogP contribution is 2.31. The molecule has 6 heteroatoms. The van der Waals surface area contributed by atoms with Crippen molar-refractivity contribution in [2.75, 3.05) is 23.7 Å². The summed E-state index contributed by atoms with van der Waals surface area (Å²) in [6, 6.07) is 1.63. The lowest BCUT2D eigenvalue weighted by Gasteiger charge is -2.20. The van der Waals surface area contributed by atoms with Gasteiger partial charge in [-0.25, -0.2) is 4.98 Å². The third-order valence-electron chi connectivity index (χ3n) is 3.02. The van der Waals surface area contributed by atoms with Gasteiger partial charge < -0.3 is 16.4 Å². The van der Waals surface area contributed by atoms with Crippen LogP contribution in [0.15, 0.2) is 12.3 Å². The largest absolute Gasteiger partial charge is 0.384 e. The Kier molecular flexibility index (Phi) is 2.41. The summed E-state index contributed by atoms with van der Waals surface area (Å²) in [5.41, 5.74) is 10.5. The van der Waals surface area contributed by atoms with Crippen LogP contribution in [0.5, 0.6) is 0 Å². The quantitative estimate of drug-likeness (QED) is 0.718. The zero-order valence-corrected chi connectivity index (χ0v) is 9.18. The van der Waals surface area contributed by atoms with Gasteiger partial charge in [-0.2, -0.15) is 4.98 Å². The minimum Gasteiger partial charge on any atom is -0.384 e. The van der Waals surface area contributed by atoms with Gasteiger partial charge in [0.05, 0.1) is 5.41 Å². The minimum absolute atomic E-state index is 0.279. The number of carbonyl (C=O) groups excluding carboxylic acids is 1. The molecule has 1 aromatic heterocycles. The molecule has 0 saturated carbocycles. The number of nitrogen functional groups attached to an aromatic ring is 1. The van der Waals surface area contributed by atoms with E-state index >= 15 is 0 Å². The molecule has 0 bridgehead atoms. The van der Waals surface area contributed by atoms with Crippen molar-refractivity contribution in [3.63, 3.8) is 0 Å². The Hall–Kier alpha value is -1.85. The molecule has 1 aromatic rings. The monoisotopic (exact) mass is 221 g/mol. The van der Waals surface area contributed by atoms with Crippen LogP contribution in [-0.4, -0.2) is 29.0 Å². The van der Waals surface area contributed by atoms with E-state index in [2.05, 4.69) is 9.97 Å². The topological polar surface area (TPSA) is 98.1 Å². The number of carbonyl (C=O) groups is 1. The van der Waals surface area contributed by atoms with Gasteiger partial charge >= 0.3 is 0 Å². The average molecular weight is 221 g/mol. The second-order valence-corrected chi connectivity index (χ2v) is 4.38. The summed E-state index contributed by atoms with van der Waals surface area (Å²) in [4.78, 5) is 21.5. The summed E-state index contributed by atoms with van der Waals surface area (Å²) in [6.07, 6.45) is 2.33. The molecule has 1 fully saturated rings. The summed E-state index contributed by atoms with van der Waals surface area (Å²) < 4.78 is 0. The Morgan fingerprint density at radius 1 is 1.62 bits per heavy atom. The van der Waals surface area contributed by atoms with Crippen LogP contribution in [0, 0.1) is 5.41 Å². The van der Waals surface area contributed by atoms with Crippen LogP contribution >= 0.6 is 0 Å². The van der Waals surface area contributed by atoms with E-state index in [0.717, 1.165) is 13.0 Å². The van der Waals surface area contributed by atoms with Crippen molar-refractivity contribution in [1.29, 1.82) is 0 Å². The molecule has 0 radical (unpaired) electrons. The lowest BCUT2D eigenvalue weighted by atomic mass is 9.89. The second kappa shape index (κ2) is 3.62. The van der Waals surface area contributed by atoms with Crippen molar-refractivity contribution < 1.29 is 4.79 Å².